The average molecular weight is 218 g/mol. The zero-order valence-corrected chi connectivity index (χ0v) is 9.86. The van der Waals surface area contributed by atoms with Crippen LogP contribution in [0, 0.1) is 0 Å². The molecule has 1 N–H and O–H groups in total. The lowest BCUT2D eigenvalue weighted by Crippen LogP contribution is -2.03. The van der Waals surface area contributed by atoms with Crippen molar-refractivity contribution in [1.29, 1.82) is 0 Å². The van der Waals surface area contributed by atoms with Crippen LogP contribution in [0.3, 0.4) is 0 Å². The zero-order chi connectivity index (χ0) is 11.7. The summed E-state index contributed by atoms with van der Waals surface area (Å²) in [5.41, 5.74) is 3.93. The standard InChI is InChI=1S/C14H18O2/c1-9(2)11-5-3-10-4-6-12(8-14(15)16)13(10)7-11/h3,5,7,9,12H,4,6,8H2,1-2H3,(H,15,16). The summed E-state index contributed by atoms with van der Waals surface area (Å²) in [5.74, 6) is 0.0513. The van der Waals surface area contributed by atoms with E-state index in [9.17, 15) is 4.79 Å². The van der Waals surface area contributed by atoms with Gasteiger partial charge in [-0.15, -0.1) is 0 Å². The molecule has 1 aromatic rings. The molecule has 16 heavy (non-hydrogen) atoms. The van der Waals surface area contributed by atoms with Gasteiger partial charge in [0.1, 0.15) is 0 Å². The summed E-state index contributed by atoms with van der Waals surface area (Å²) in [6.45, 7) is 4.34. The van der Waals surface area contributed by atoms with Gasteiger partial charge in [0.2, 0.25) is 0 Å². The minimum Gasteiger partial charge on any atom is -0.481 e. The summed E-state index contributed by atoms with van der Waals surface area (Å²) < 4.78 is 0. The Morgan fingerprint density at radius 3 is 2.88 bits per heavy atom. The molecular weight excluding hydrogens is 200 g/mol. The van der Waals surface area contributed by atoms with Crippen molar-refractivity contribution in [2.45, 2.75) is 44.9 Å². The third-order valence-electron chi connectivity index (χ3n) is 3.46. The monoisotopic (exact) mass is 218 g/mol. The van der Waals surface area contributed by atoms with Gasteiger partial charge >= 0.3 is 5.97 Å². The van der Waals surface area contributed by atoms with E-state index in [1.807, 2.05) is 0 Å². The number of carboxylic acids is 1. The first-order chi connectivity index (χ1) is 7.58. The van der Waals surface area contributed by atoms with E-state index < -0.39 is 5.97 Å². The smallest absolute Gasteiger partial charge is 0.303 e. The molecule has 0 saturated carbocycles. The molecule has 0 aliphatic heterocycles. The van der Waals surface area contributed by atoms with Gasteiger partial charge in [0.05, 0.1) is 6.42 Å². The molecule has 86 valence electrons. The predicted molar refractivity (Wildman–Crippen MR) is 63.8 cm³/mol. The third kappa shape index (κ3) is 2.11. The van der Waals surface area contributed by atoms with E-state index in [0.717, 1.165) is 12.8 Å². The van der Waals surface area contributed by atoms with E-state index in [1.54, 1.807) is 0 Å². The summed E-state index contributed by atoms with van der Waals surface area (Å²) >= 11 is 0. The summed E-state index contributed by atoms with van der Waals surface area (Å²) in [4.78, 5) is 10.8. The van der Waals surface area contributed by atoms with Gasteiger partial charge in [-0.25, -0.2) is 0 Å². The SMILES string of the molecule is CC(C)c1ccc2c(c1)C(CC(=O)O)CC2. The minimum absolute atomic E-state index is 0.228. The van der Waals surface area contributed by atoms with Gasteiger partial charge in [-0.3, -0.25) is 4.79 Å². The Labute approximate surface area is 96.3 Å². The topological polar surface area (TPSA) is 37.3 Å². The molecular formula is C14H18O2. The second-order valence-corrected chi connectivity index (χ2v) is 4.95. The van der Waals surface area contributed by atoms with Crippen molar-refractivity contribution < 1.29 is 9.90 Å². The highest BCUT2D eigenvalue weighted by Crippen LogP contribution is 2.37. The summed E-state index contributed by atoms with van der Waals surface area (Å²) in [5, 5.41) is 8.88. The molecule has 0 amide bonds. The number of carboxylic acid groups (broad SMARTS) is 1. The van der Waals surface area contributed by atoms with Crippen molar-refractivity contribution in [2.75, 3.05) is 0 Å². The highest BCUT2D eigenvalue weighted by molar-refractivity contribution is 5.68. The van der Waals surface area contributed by atoms with E-state index in [1.165, 1.54) is 16.7 Å². The van der Waals surface area contributed by atoms with E-state index in [2.05, 4.69) is 32.0 Å². The summed E-state index contributed by atoms with van der Waals surface area (Å²) in [7, 11) is 0. The van der Waals surface area contributed by atoms with Crippen molar-refractivity contribution in [2.24, 2.45) is 0 Å². The van der Waals surface area contributed by atoms with E-state index in [-0.39, 0.29) is 12.3 Å². The van der Waals surface area contributed by atoms with Crippen molar-refractivity contribution in [3.05, 3.63) is 34.9 Å². The van der Waals surface area contributed by atoms with Crippen molar-refractivity contribution >= 4 is 5.97 Å². The van der Waals surface area contributed by atoms with Crippen LogP contribution in [0.15, 0.2) is 18.2 Å². The molecule has 2 nitrogen and oxygen atoms in total. The van der Waals surface area contributed by atoms with E-state index in [4.69, 9.17) is 5.11 Å². The Morgan fingerprint density at radius 1 is 1.50 bits per heavy atom. The van der Waals surface area contributed by atoms with Gasteiger partial charge in [0.15, 0.2) is 0 Å². The average Bonchev–Trinajstić information content (AvgIpc) is 2.60. The van der Waals surface area contributed by atoms with Crippen LogP contribution in [0.25, 0.3) is 0 Å². The molecule has 2 heteroatoms. The van der Waals surface area contributed by atoms with Crippen LogP contribution < -0.4 is 0 Å². The lowest BCUT2D eigenvalue weighted by atomic mass is 9.93. The van der Waals surface area contributed by atoms with Gasteiger partial charge in [0, 0.05) is 0 Å². The Bertz CT molecular complexity index is 407. The second-order valence-electron chi connectivity index (χ2n) is 4.95. The van der Waals surface area contributed by atoms with Crippen LogP contribution in [-0.2, 0) is 11.2 Å². The highest BCUT2D eigenvalue weighted by Gasteiger charge is 2.24. The molecule has 0 aromatic heterocycles. The van der Waals surface area contributed by atoms with Gasteiger partial charge in [0.25, 0.3) is 0 Å². The molecule has 0 bridgehead atoms. The van der Waals surface area contributed by atoms with Crippen molar-refractivity contribution in [3.63, 3.8) is 0 Å². The number of hydrogen-bond donors (Lipinski definition) is 1. The first kappa shape index (κ1) is 11.2. The molecule has 1 aromatic carbocycles. The third-order valence-corrected chi connectivity index (χ3v) is 3.46. The lowest BCUT2D eigenvalue weighted by molar-refractivity contribution is -0.137. The minimum atomic E-state index is -0.687. The van der Waals surface area contributed by atoms with Crippen LogP contribution in [0.5, 0.6) is 0 Å². The van der Waals surface area contributed by atoms with Gasteiger partial charge in [-0.1, -0.05) is 32.0 Å². The van der Waals surface area contributed by atoms with Gasteiger partial charge < -0.3 is 5.11 Å². The summed E-state index contributed by atoms with van der Waals surface area (Å²) in [6.07, 6.45) is 2.30. The fraction of sp³-hybridized carbons (Fsp3) is 0.500. The zero-order valence-electron chi connectivity index (χ0n) is 9.86. The van der Waals surface area contributed by atoms with E-state index in [0.29, 0.717) is 5.92 Å². The maximum absolute atomic E-state index is 10.8. The first-order valence-corrected chi connectivity index (χ1v) is 5.92. The molecule has 0 spiro atoms. The van der Waals surface area contributed by atoms with Crippen molar-refractivity contribution in [3.8, 4) is 0 Å². The molecule has 0 fully saturated rings. The predicted octanol–water partition coefficient (Wildman–Crippen LogP) is 3.31. The second kappa shape index (κ2) is 4.28. The van der Waals surface area contributed by atoms with Crippen LogP contribution in [0.2, 0.25) is 0 Å². The normalized spacial score (nSPS) is 18.8. The number of aryl methyl sites for hydroxylation is 1. The molecule has 0 radical (unpaired) electrons. The molecule has 2 rings (SSSR count). The number of aliphatic carboxylic acids is 1. The molecule has 1 atom stereocenters. The Hall–Kier alpha value is -1.31. The Balaban J connectivity index is 2.29. The van der Waals surface area contributed by atoms with Crippen LogP contribution in [0.4, 0.5) is 0 Å². The molecule has 1 aliphatic rings. The quantitative estimate of drug-likeness (QED) is 0.845. The van der Waals surface area contributed by atoms with E-state index >= 15 is 0 Å². The van der Waals surface area contributed by atoms with Crippen LogP contribution in [-0.4, -0.2) is 11.1 Å². The molecule has 0 saturated heterocycles. The summed E-state index contributed by atoms with van der Waals surface area (Å²) in [6, 6.07) is 6.56. The number of benzene rings is 1. The first-order valence-electron chi connectivity index (χ1n) is 5.92. The number of fused-ring (bicyclic) bond motifs is 1. The van der Waals surface area contributed by atoms with Gasteiger partial charge in [-0.05, 0) is 41.4 Å². The number of rotatable bonds is 3. The maximum Gasteiger partial charge on any atom is 0.303 e. The highest BCUT2D eigenvalue weighted by atomic mass is 16.4. The number of hydrogen-bond acceptors (Lipinski definition) is 1. The number of carbonyl (C=O) groups is 1. The maximum atomic E-state index is 10.8. The molecule has 1 aliphatic carbocycles. The van der Waals surface area contributed by atoms with Crippen molar-refractivity contribution in [1.82, 2.24) is 0 Å². The lowest BCUT2D eigenvalue weighted by Gasteiger charge is -2.12. The fourth-order valence-electron chi connectivity index (χ4n) is 2.49. The molecule has 1 unspecified atom stereocenters. The Morgan fingerprint density at radius 2 is 2.25 bits per heavy atom. The van der Waals surface area contributed by atoms with Gasteiger partial charge in [-0.2, -0.15) is 0 Å². The largest absolute Gasteiger partial charge is 0.481 e. The molecule has 0 heterocycles. The fourth-order valence-corrected chi connectivity index (χ4v) is 2.49. The van der Waals surface area contributed by atoms with Crippen LogP contribution in [0.1, 0.15) is 55.2 Å². The Kier molecular flexibility index (Phi) is 2.99. The van der Waals surface area contributed by atoms with Crippen LogP contribution >= 0.6 is 0 Å².